The molecule has 228 valence electrons. The van der Waals surface area contributed by atoms with Gasteiger partial charge in [-0.05, 0) is 96.7 Å². The second kappa shape index (κ2) is 14.4. The zero-order valence-corrected chi connectivity index (χ0v) is 25.6. The van der Waals surface area contributed by atoms with Crippen LogP contribution in [0.15, 0.2) is 103 Å². The number of carbonyl (C=O) groups excluding carboxylic acids is 2. The standard InChI is InChI=1S/C20H19N3O.C16H16ClN3O/c24-20(19-18-4-2-1-3-15(18)10-12-22-19)23-17-7-5-14(6-8-17)16-9-11-21-13-16;17-13-6-8-19-15(9-13)16(21)20-14-3-1-11(2-4-14)12-5-7-18-10-12/h1-8,10,12,16,21H,9,11,13H2,(H,23,24);1-4,6,8-9,12,18H,5,7,10H2,(H,20,21). The third-order valence-electron chi connectivity index (χ3n) is 8.24. The third kappa shape index (κ3) is 7.72. The maximum absolute atomic E-state index is 12.6. The first-order valence-corrected chi connectivity index (χ1v) is 15.6. The molecule has 0 saturated carbocycles. The zero-order valence-electron chi connectivity index (χ0n) is 24.8. The van der Waals surface area contributed by atoms with Crippen LogP contribution in [-0.4, -0.2) is 48.0 Å². The highest BCUT2D eigenvalue weighted by atomic mass is 35.5. The Morgan fingerprint density at radius 1 is 0.689 bits per heavy atom. The minimum atomic E-state index is -0.257. The maximum atomic E-state index is 12.6. The molecule has 45 heavy (non-hydrogen) atoms. The topological polar surface area (TPSA) is 108 Å². The summed E-state index contributed by atoms with van der Waals surface area (Å²) in [5.41, 5.74) is 4.95. The van der Waals surface area contributed by atoms with Crippen molar-refractivity contribution in [1.82, 2.24) is 20.6 Å². The number of fused-ring (bicyclic) bond motifs is 1. The molecule has 7 rings (SSSR count). The van der Waals surface area contributed by atoms with Gasteiger partial charge in [-0.15, -0.1) is 0 Å². The Balaban J connectivity index is 0.000000160. The fraction of sp³-hybridized carbons (Fsp3) is 0.222. The Morgan fingerprint density at radius 2 is 1.27 bits per heavy atom. The number of pyridine rings is 2. The summed E-state index contributed by atoms with van der Waals surface area (Å²) in [4.78, 5) is 32.9. The van der Waals surface area contributed by atoms with Gasteiger partial charge in [0.2, 0.25) is 0 Å². The first-order valence-electron chi connectivity index (χ1n) is 15.2. The lowest BCUT2D eigenvalue weighted by Gasteiger charge is -2.11. The van der Waals surface area contributed by atoms with Crippen LogP contribution in [-0.2, 0) is 0 Å². The molecular weight excluding hydrogens is 584 g/mol. The number of hydrogen-bond donors (Lipinski definition) is 4. The van der Waals surface area contributed by atoms with Gasteiger partial charge >= 0.3 is 0 Å². The zero-order chi connectivity index (χ0) is 31.0. The highest BCUT2D eigenvalue weighted by Gasteiger charge is 2.18. The lowest BCUT2D eigenvalue weighted by molar-refractivity contribution is 0.101. The molecule has 2 amide bonds. The first kappa shape index (κ1) is 30.4. The molecule has 0 radical (unpaired) electrons. The van der Waals surface area contributed by atoms with E-state index in [0.717, 1.165) is 54.7 Å². The van der Waals surface area contributed by atoms with E-state index in [1.54, 1.807) is 18.3 Å². The van der Waals surface area contributed by atoms with Crippen molar-refractivity contribution >= 4 is 45.6 Å². The molecule has 2 aromatic heterocycles. The number of hydrogen-bond acceptors (Lipinski definition) is 6. The predicted molar refractivity (Wildman–Crippen MR) is 180 cm³/mol. The average molecular weight is 619 g/mol. The molecule has 4 N–H and O–H groups in total. The van der Waals surface area contributed by atoms with Crippen molar-refractivity contribution in [3.63, 3.8) is 0 Å². The highest BCUT2D eigenvalue weighted by molar-refractivity contribution is 6.31. The molecule has 2 atom stereocenters. The average Bonchev–Trinajstić information content (AvgIpc) is 3.81. The van der Waals surface area contributed by atoms with Gasteiger partial charge in [0, 0.05) is 47.3 Å². The van der Waals surface area contributed by atoms with Gasteiger partial charge in [0.15, 0.2) is 0 Å². The quantitative estimate of drug-likeness (QED) is 0.170. The normalized spacial score (nSPS) is 17.4. The van der Waals surface area contributed by atoms with Crippen molar-refractivity contribution in [3.8, 4) is 0 Å². The van der Waals surface area contributed by atoms with Crippen LogP contribution < -0.4 is 21.3 Å². The van der Waals surface area contributed by atoms with E-state index in [4.69, 9.17) is 11.6 Å². The van der Waals surface area contributed by atoms with Crippen LogP contribution in [0.4, 0.5) is 11.4 Å². The summed E-state index contributed by atoms with van der Waals surface area (Å²) < 4.78 is 0. The fourth-order valence-electron chi connectivity index (χ4n) is 5.77. The van der Waals surface area contributed by atoms with Gasteiger partial charge in [0.05, 0.1) is 0 Å². The molecule has 2 fully saturated rings. The largest absolute Gasteiger partial charge is 0.321 e. The minimum absolute atomic E-state index is 0.179. The summed E-state index contributed by atoms with van der Waals surface area (Å²) in [6.45, 7) is 4.21. The van der Waals surface area contributed by atoms with Crippen molar-refractivity contribution in [2.75, 3.05) is 36.8 Å². The van der Waals surface area contributed by atoms with E-state index in [-0.39, 0.29) is 11.8 Å². The number of benzene rings is 3. The Morgan fingerprint density at radius 3 is 1.84 bits per heavy atom. The first-order chi connectivity index (χ1) is 22.0. The van der Waals surface area contributed by atoms with Gasteiger partial charge in [-0.25, -0.2) is 0 Å². The molecule has 2 unspecified atom stereocenters. The molecular formula is C36H35ClN6O2. The SMILES string of the molecule is O=C(Nc1ccc(C2CCNC2)cc1)c1cc(Cl)ccn1.O=C(Nc1ccc(C2CCNC2)cc1)c1nccc2ccccc12. The number of carbonyl (C=O) groups is 2. The summed E-state index contributed by atoms with van der Waals surface area (Å²) in [5, 5.41) is 14.9. The molecule has 2 aliphatic rings. The molecule has 5 aromatic rings. The van der Waals surface area contributed by atoms with Crippen LogP contribution >= 0.6 is 11.6 Å². The Hall–Kier alpha value is -4.63. The van der Waals surface area contributed by atoms with E-state index in [0.29, 0.717) is 28.2 Å². The predicted octanol–water partition coefficient (Wildman–Crippen LogP) is 6.63. The van der Waals surface area contributed by atoms with Crippen molar-refractivity contribution in [3.05, 3.63) is 131 Å². The van der Waals surface area contributed by atoms with Crippen molar-refractivity contribution in [2.45, 2.75) is 24.7 Å². The number of nitrogens with zero attached hydrogens (tertiary/aromatic N) is 2. The highest BCUT2D eigenvalue weighted by Crippen LogP contribution is 2.25. The third-order valence-corrected chi connectivity index (χ3v) is 8.48. The minimum Gasteiger partial charge on any atom is -0.321 e. The van der Waals surface area contributed by atoms with Gasteiger partial charge in [-0.1, -0.05) is 60.1 Å². The molecule has 0 bridgehead atoms. The molecule has 8 nitrogen and oxygen atoms in total. The van der Waals surface area contributed by atoms with Gasteiger partial charge in [-0.3, -0.25) is 19.6 Å². The lowest BCUT2D eigenvalue weighted by atomic mass is 9.98. The number of halogens is 1. The smallest absolute Gasteiger partial charge is 0.274 e. The molecule has 0 spiro atoms. The maximum Gasteiger partial charge on any atom is 0.274 e. The second-order valence-corrected chi connectivity index (χ2v) is 11.7. The van der Waals surface area contributed by atoms with Gasteiger partial charge < -0.3 is 21.3 Å². The summed E-state index contributed by atoms with van der Waals surface area (Å²) in [6.07, 6.45) is 5.53. The fourth-order valence-corrected chi connectivity index (χ4v) is 5.93. The molecule has 4 heterocycles. The number of nitrogens with one attached hydrogen (secondary N) is 4. The van der Waals surface area contributed by atoms with Gasteiger partial charge in [-0.2, -0.15) is 0 Å². The molecule has 9 heteroatoms. The van der Waals surface area contributed by atoms with Gasteiger partial charge in [0.1, 0.15) is 11.4 Å². The van der Waals surface area contributed by atoms with Crippen LogP contribution in [0, 0.1) is 0 Å². The summed E-state index contributed by atoms with van der Waals surface area (Å²) in [7, 11) is 0. The van der Waals surface area contributed by atoms with Crippen LogP contribution in [0.1, 0.15) is 56.8 Å². The van der Waals surface area contributed by atoms with Crippen LogP contribution in [0.2, 0.25) is 5.02 Å². The van der Waals surface area contributed by atoms with Crippen molar-refractivity contribution in [2.24, 2.45) is 0 Å². The van der Waals surface area contributed by atoms with E-state index in [1.165, 1.54) is 23.7 Å². The monoisotopic (exact) mass is 618 g/mol. The van der Waals surface area contributed by atoms with Crippen LogP contribution in [0.5, 0.6) is 0 Å². The van der Waals surface area contributed by atoms with E-state index < -0.39 is 0 Å². The molecule has 2 saturated heterocycles. The van der Waals surface area contributed by atoms with E-state index in [2.05, 4.69) is 55.5 Å². The van der Waals surface area contributed by atoms with E-state index in [1.807, 2.05) is 54.6 Å². The Kier molecular flexibility index (Phi) is 9.75. The summed E-state index contributed by atoms with van der Waals surface area (Å²) >= 11 is 5.86. The summed E-state index contributed by atoms with van der Waals surface area (Å²) in [5.74, 6) is 0.716. The lowest BCUT2D eigenvalue weighted by Crippen LogP contribution is -2.14. The van der Waals surface area contributed by atoms with Crippen LogP contribution in [0.25, 0.3) is 10.8 Å². The van der Waals surface area contributed by atoms with Crippen molar-refractivity contribution < 1.29 is 9.59 Å². The number of aromatic nitrogens is 2. The van der Waals surface area contributed by atoms with E-state index in [9.17, 15) is 9.59 Å². The van der Waals surface area contributed by atoms with Crippen LogP contribution in [0.3, 0.4) is 0 Å². The molecule has 3 aromatic carbocycles. The number of amides is 2. The van der Waals surface area contributed by atoms with Gasteiger partial charge in [0.25, 0.3) is 11.8 Å². The number of anilines is 2. The van der Waals surface area contributed by atoms with E-state index >= 15 is 0 Å². The molecule has 0 aliphatic carbocycles. The number of rotatable bonds is 6. The van der Waals surface area contributed by atoms with Crippen molar-refractivity contribution in [1.29, 1.82) is 0 Å². The second-order valence-electron chi connectivity index (χ2n) is 11.3. The summed E-state index contributed by atoms with van der Waals surface area (Å²) in [6, 6.07) is 29.0. The Labute approximate surface area is 267 Å². The molecule has 2 aliphatic heterocycles. The Bertz CT molecular complexity index is 1760.